The highest BCUT2D eigenvalue weighted by atomic mass is 32.2. The molecule has 142 valence electrons. The summed E-state index contributed by atoms with van der Waals surface area (Å²) in [5, 5.41) is 2.23. The van der Waals surface area contributed by atoms with Crippen LogP contribution in [-0.2, 0) is 19.3 Å². The van der Waals surface area contributed by atoms with E-state index in [4.69, 9.17) is 15.0 Å². The number of pyridine rings is 1. The lowest BCUT2D eigenvalue weighted by atomic mass is 10.0. The topological polar surface area (TPSA) is 41.9 Å². The summed E-state index contributed by atoms with van der Waals surface area (Å²) in [5.74, 6) is 1.15. The molecule has 4 heterocycles. The van der Waals surface area contributed by atoms with Gasteiger partial charge in [0.2, 0.25) is 0 Å². The summed E-state index contributed by atoms with van der Waals surface area (Å²) < 4.78 is 1.25. The van der Waals surface area contributed by atoms with Gasteiger partial charge in [0.05, 0.1) is 10.2 Å². The van der Waals surface area contributed by atoms with E-state index >= 15 is 0 Å². The Morgan fingerprint density at radius 1 is 1.00 bits per heavy atom. The third kappa shape index (κ3) is 2.92. The third-order valence-corrected chi connectivity index (χ3v) is 7.52. The minimum absolute atomic E-state index is 0.896. The third-order valence-electron chi connectivity index (χ3n) is 5.91. The molecule has 0 aromatic carbocycles. The van der Waals surface area contributed by atoms with Crippen molar-refractivity contribution < 1.29 is 0 Å². The van der Waals surface area contributed by atoms with Crippen molar-refractivity contribution in [3.8, 4) is 0 Å². The standard InChI is InChI=1S/C21H26N4S2/c1-3-8-15-13-9-7-10-14(13)16-17-18(27-20(16)22-15)19(24-21(23-17)26-2)25-11-5-4-6-12-25/h3-12H2,1-2H3. The Morgan fingerprint density at radius 2 is 1.81 bits per heavy atom. The van der Waals surface area contributed by atoms with Crippen molar-refractivity contribution in [2.75, 3.05) is 24.2 Å². The van der Waals surface area contributed by atoms with Crippen LogP contribution in [0.25, 0.3) is 20.4 Å². The fraction of sp³-hybridized carbons (Fsp3) is 0.571. The summed E-state index contributed by atoms with van der Waals surface area (Å²) in [5.41, 5.74) is 5.54. The predicted molar refractivity (Wildman–Crippen MR) is 117 cm³/mol. The molecule has 0 unspecified atom stereocenters. The SMILES string of the molecule is CCCc1nc2sc3c(N4CCCCC4)nc(SC)nc3c2c2c1CCC2. The Labute approximate surface area is 168 Å². The van der Waals surface area contributed by atoms with E-state index in [0.29, 0.717) is 0 Å². The van der Waals surface area contributed by atoms with Crippen LogP contribution in [0.3, 0.4) is 0 Å². The second kappa shape index (κ2) is 7.21. The number of hydrogen-bond acceptors (Lipinski definition) is 6. The molecule has 5 rings (SSSR count). The number of fused-ring (bicyclic) bond motifs is 5. The van der Waals surface area contributed by atoms with Gasteiger partial charge < -0.3 is 4.90 Å². The Morgan fingerprint density at radius 3 is 2.59 bits per heavy atom. The number of thiophene rings is 1. The molecule has 0 spiro atoms. The van der Waals surface area contributed by atoms with E-state index in [1.165, 1.54) is 70.3 Å². The van der Waals surface area contributed by atoms with Crippen LogP contribution in [0.1, 0.15) is 55.8 Å². The first-order valence-electron chi connectivity index (χ1n) is 10.2. The van der Waals surface area contributed by atoms with Gasteiger partial charge in [0, 0.05) is 24.2 Å². The highest BCUT2D eigenvalue weighted by molar-refractivity contribution is 7.98. The van der Waals surface area contributed by atoms with Crippen molar-refractivity contribution in [2.24, 2.45) is 0 Å². The first kappa shape index (κ1) is 17.7. The summed E-state index contributed by atoms with van der Waals surface area (Å²) in [6, 6.07) is 0. The summed E-state index contributed by atoms with van der Waals surface area (Å²) in [4.78, 5) is 18.7. The van der Waals surface area contributed by atoms with Gasteiger partial charge in [-0.15, -0.1) is 11.3 Å². The van der Waals surface area contributed by atoms with Crippen molar-refractivity contribution in [3.63, 3.8) is 0 Å². The molecule has 1 aliphatic carbocycles. The van der Waals surface area contributed by atoms with Crippen molar-refractivity contribution in [2.45, 2.75) is 63.4 Å². The van der Waals surface area contributed by atoms with E-state index in [0.717, 1.165) is 42.4 Å². The van der Waals surface area contributed by atoms with E-state index in [1.807, 2.05) is 11.3 Å². The number of piperidine rings is 1. The van der Waals surface area contributed by atoms with Crippen LogP contribution >= 0.6 is 23.1 Å². The lowest BCUT2D eigenvalue weighted by molar-refractivity contribution is 0.573. The Kier molecular flexibility index (Phi) is 4.72. The number of anilines is 1. The first-order chi connectivity index (χ1) is 13.3. The molecular formula is C21H26N4S2. The molecule has 0 atom stereocenters. The lowest BCUT2D eigenvalue weighted by Gasteiger charge is -2.28. The molecule has 6 heteroatoms. The van der Waals surface area contributed by atoms with Crippen LogP contribution in [0, 0.1) is 0 Å². The molecule has 0 bridgehead atoms. The van der Waals surface area contributed by atoms with Gasteiger partial charge in [-0.3, -0.25) is 0 Å². The van der Waals surface area contributed by atoms with Gasteiger partial charge >= 0.3 is 0 Å². The number of nitrogens with zero attached hydrogens (tertiary/aromatic N) is 4. The molecule has 0 N–H and O–H groups in total. The van der Waals surface area contributed by atoms with Gasteiger partial charge in [-0.1, -0.05) is 25.1 Å². The number of rotatable bonds is 4. The second-order valence-corrected chi connectivity index (χ2v) is 9.43. The molecule has 0 radical (unpaired) electrons. The number of hydrogen-bond donors (Lipinski definition) is 0. The maximum atomic E-state index is 5.14. The van der Waals surface area contributed by atoms with E-state index in [1.54, 1.807) is 11.8 Å². The van der Waals surface area contributed by atoms with Crippen LogP contribution in [-0.4, -0.2) is 34.3 Å². The molecule has 0 saturated carbocycles. The molecule has 1 saturated heterocycles. The summed E-state index contributed by atoms with van der Waals surface area (Å²) >= 11 is 3.47. The zero-order chi connectivity index (χ0) is 18.4. The molecule has 3 aromatic rings. The van der Waals surface area contributed by atoms with E-state index in [-0.39, 0.29) is 0 Å². The van der Waals surface area contributed by atoms with Gasteiger partial charge in [0.25, 0.3) is 0 Å². The fourth-order valence-corrected chi connectivity index (χ4v) is 6.21. The van der Waals surface area contributed by atoms with Gasteiger partial charge in [0.1, 0.15) is 4.83 Å². The second-order valence-electron chi connectivity index (χ2n) is 7.66. The zero-order valence-electron chi connectivity index (χ0n) is 16.2. The van der Waals surface area contributed by atoms with E-state index in [9.17, 15) is 0 Å². The maximum absolute atomic E-state index is 5.14. The van der Waals surface area contributed by atoms with Crippen LogP contribution in [0.2, 0.25) is 0 Å². The van der Waals surface area contributed by atoms with Gasteiger partial charge in [0.15, 0.2) is 11.0 Å². The van der Waals surface area contributed by atoms with Gasteiger partial charge in [-0.05, 0) is 62.3 Å². The zero-order valence-corrected chi connectivity index (χ0v) is 17.8. The van der Waals surface area contributed by atoms with Gasteiger partial charge in [-0.25, -0.2) is 15.0 Å². The molecule has 0 amide bonds. The van der Waals surface area contributed by atoms with Crippen LogP contribution in [0.4, 0.5) is 5.82 Å². The normalized spacial score (nSPS) is 17.2. The van der Waals surface area contributed by atoms with Crippen molar-refractivity contribution in [1.82, 2.24) is 15.0 Å². The highest BCUT2D eigenvalue weighted by Gasteiger charge is 2.26. The quantitative estimate of drug-likeness (QED) is 0.435. The van der Waals surface area contributed by atoms with Gasteiger partial charge in [-0.2, -0.15) is 0 Å². The molecule has 27 heavy (non-hydrogen) atoms. The Bertz CT molecular complexity index is 1000. The van der Waals surface area contributed by atoms with E-state index < -0.39 is 0 Å². The number of aromatic nitrogens is 3. The lowest BCUT2D eigenvalue weighted by Crippen LogP contribution is -2.30. The number of aryl methyl sites for hydroxylation is 2. The van der Waals surface area contributed by atoms with E-state index in [2.05, 4.69) is 18.1 Å². The predicted octanol–water partition coefficient (Wildman–Crippen LogP) is 5.39. The fourth-order valence-electron chi connectivity index (χ4n) is 4.66. The van der Waals surface area contributed by atoms with Crippen LogP contribution in [0.15, 0.2) is 5.16 Å². The Balaban J connectivity index is 1.80. The Hall–Kier alpha value is -1.40. The van der Waals surface area contributed by atoms with Crippen LogP contribution < -0.4 is 4.90 Å². The van der Waals surface area contributed by atoms with Crippen LogP contribution in [0.5, 0.6) is 0 Å². The van der Waals surface area contributed by atoms with Crippen molar-refractivity contribution in [1.29, 1.82) is 0 Å². The molecule has 3 aromatic heterocycles. The summed E-state index contributed by atoms with van der Waals surface area (Å²) in [6.45, 7) is 4.48. The molecule has 1 fully saturated rings. The summed E-state index contributed by atoms with van der Waals surface area (Å²) in [7, 11) is 0. The first-order valence-corrected chi connectivity index (χ1v) is 12.3. The molecule has 1 aliphatic heterocycles. The molecule has 2 aliphatic rings. The smallest absolute Gasteiger partial charge is 0.189 e. The average molecular weight is 399 g/mol. The highest BCUT2D eigenvalue weighted by Crippen LogP contribution is 2.43. The average Bonchev–Trinajstić information content (AvgIpc) is 3.32. The minimum Gasteiger partial charge on any atom is -0.355 e. The monoisotopic (exact) mass is 398 g/mol. The molecular weight excluding hydrogens is 372 g/mol. The largest absolute Gasteiger partial charge is 0.355 e. The van der Waals surface area contributed by atoms with Crippen molar-refractivity contribution >= 4 is 49.3 Å². The molecule has 4 nitrogen and oxygen atoms in total. The maximum Gasteiger partial charge on any atom is 0.189 e. The summed E-state index contributed by atoms with van der Waals surface area (Å²) in [6.07, 6.45) is 11.8. The number of thioether (sulfide) groups is 1. The van der Waals surface area contributed by atoms with Crippen molar-refractivity contribution in [3.05, 3.63) is 16.8 Å². The minimum atomic E-state index is 0.896.